The highest BCUT2D eigenvalue weighted by Gasteiger charge is 2.29. The topological polar surface area (TPSA) is 23.8 Å². The first-order valence-corrected chi connectivity index (χ1v) is 6.05. The number of benzene rings is 1. The van der Waals surface area contributed by atoms with Crippen molar-refractivity contribution in [2.75, 3.05) is 0 Å². The highest BCUT2D eigenvalue weighted by molar-refractivity contribution is 5.38. The molecule has 86 valence electrons. The van der Waals surface area contributed by atoms with E-state index in [-0.39, 0.29) is 5.41 Å². The van der Waals surface area contributed by atoms with E-state index in [4.69, 9.17) is 5.26 Å². The standard InChI is InChI=1S/C16H17N/c1-14-8-11-16(12-9-14,10-5-13-17)15-6-3-2-4-7-15/h2-4,6-9,11H,5,10,12H2,1H3. The molecule has 1 aliphatic rings. The fourth-order valence-corrected chi connectivity index (χ4v) is 2.36. The van der Waals surface area contributed by atoms with Crippen molar-refractivity contribution < 1.29 is 0 Å². The second-order valence-corrected chi connectivity index (χ2v) is 4.67. The van der Waals surface area contributed by atoms with Crippen molar-refractivity contribution >= 4 is 0 Å². The summed E-state index contributed by atoms with van der Waals surface area (Å²) in [4.78, 5) is 0. The van der Waals surface area contributed by atoms with Crippen LogP contribution >= 0.6 is 0 Å². The summed E-state index contributed by atoms with van der Waals surface area (Å²) in [7, 11) is 0. The number of nitriles is 1. The maximum atomic E-state index is 8.82. The van der Waals surface area contributed by atoms with E-state index in [2.05, 4.69) is 55.5 Å². The first kappa shape index (κ1) is 11.7. The van der Waals surface area contributed by atoms with Gasteiger partial charge in [0.2, 0.25) is 0 Å². The van der Waals surface area contributed by atoms with Crippen LogP contribution < -0.4 is 0 Å². The van der Waals surface area contributed by atoms with Gasteiger partial charge in [-0.2, -0.15) is 5.26 Å². The van der Waals surface area contributed by atoms with Gasteiger partial charge >= 0.3 is 0 Å². The summed E-state index contributed by atoms with van der Waals surface area (Å²) in [6.45, 7) is 2.12. The minimum Gasteiger partial charge on any atom is -0.198 e. The van der Waals surface area contributed by atoms with Gasteiger partial charge in [0, 0.05) is 11.8 Å². The molecule has 0 saturated carbocycles. The van der Waals surface area contributed by atoms with Crippen molar-refractivity contribution in [3.05, 3.63) is 59.7 Å². The molecule has 1 nitrogen and oxygen atoms in total. The fourth-order valence-electron chi connectivity index (χ4n) is 2.36. The molecule has 1 aromatic carbocycles. The number of rotatable bonds is 3. The quantitative estimate of drug-likeness (QED) is 0.755. The van der Waals surface area contributed by atoms with E-state index in [1.165, 1.54) is 11.1 Å². The molecule has 0 radical (unpaired) electrons. The molecule has 0 heterocycles. The molecule has 2 rings (SSSR count). The Morgan fingerprint density at radius 2 is 2.06 bits per heavy atom. The van der Waals surface area contributed by atoms with Crippen LogP contribution in [0.15, 0.2) is 54.1 Å². The summed E-state index contributed by atoms with van der Waals surface area (Å²) in [6.07, 6.45) is 9.22. The third kappa shape index (κ3) is 2.47. The Labute approximate surface area is 103 Å². The largest absolute Gasteiger partial charge is 0.198 e. The van der Waals surface area contributed by atoms with Crippen LogP contribution in [-0.4, -0.2) is 0 Å². The molecule has 0 spiro atoms. The lowest BCUT2D eigenvalue weighted by atomic mass is 9.71. The second kappa shape index (κ2) is 5.01. The van der Waals surface area contributed by atoms with Gasteiger partial charge in [-0.15, -0.1) is 0 Å². The lowest BCUT2D eigenvalue weighted by Gasteiger charge is -2.32. The predicted molar refractivity (Wildman–Crippen MR) is 70.5 cm³/mol. The average Bonchev–Trinajstić information content (AvgIpc) is 2.40. The van der Waals surface area contributed by atoms with Gasteiger partial charge in [-0.05, 0) is 25.3 Å². The van der Waals surface area contributed by atoms with Crippen LogP contribution in [-0.2, 0) is 5.41 Å². The molecule has 17 heavy (non-hydrogen) atoms. The van der Waals surface area contributed by atoms with Crippen LogP contribution in [0.1, 0.15) is 31.7 Å². The van der Waals surface area contributed by atoms with E-state index in [0.717, 1.165) is 12.8 Å². The first-order chi connectivity index (χ1) is 8.27. The van der Waals surface area contributed by atoms with E-state index < -0.39 is 0 Å². The van der Waals surface area contributed by atoms with Crippen LogP contribution in [0.5, 0.6) is 0 Å². The smallest absolute Gasteiger partial charge is 0.0622 e. The van der Waals surface area contributed by atoms with E-state index in [1.807, 2.05) is 6.07 Å². The summed E-state index contributed by atoms with van der Waals surface area (Å²) < 4.78 is 0. The molecular weight excluding hydrogens is 206 g/mol. The Morgan fingerprint density at radius 1 is 1.29 bits per heavy atom. The second-order valence-electron chi connectivity index (χ2n) is 4.67. The molecule has 0 bridgehead atoms. The molecule has 1 unspecified atom stereocenters. The third-order valence-electron chi connectivity index (χ3n) is 3.49. The van der Waals surface area contributed by atoms with Gasteiger partial charge in [0.25, 0.3) is 0 Å². The Hall–Kier alpha value is -1.81. The van der Waals surface area contributed by atoms with Crippen LogP contribution in [0, 0.1) is 11.3 Å². The van der Waals surface area contributed by atoms with Crippen molar-refractivity contribution in [2.45, 2.75) is 31.6 Å². The van der Waals surface area contributed by atoms with Crippen LogP contribution in [0.25, 0.3) is 0 Å². The maximum absolute atomic E-state index is 8.82. The van der Waals surface area contributed by atoms with Crippen LogP contribution in [0.4, 0.5) is 0 Å². The van der Waals surface area contributed by atoms with E-state index in [1.54, 1.807) is 0 Å². The van der Waals surface area contributed by atoms with E-state index in [0.29, 0.717) is 6.42 Å². The molecule has 0 aromatic heterocycles. The Bertz CT molecular complexity index is 476. The molecule has 0 aliphatic heterocycles. The maximum Gasteiger partial charge on any atom is 0.0622 e. The van der Waals surface area contributed by atoms with Gasteiger partial charge in [0.15, 0.2) is 0 Å². The zero-order valence-electron chi connectivity index (χ0n) is 10.2. The lowest BCUT2D eigenvalue weighted by molar-refractivity contribution is 0.497. The monoisotopic (exact) mass is 223 g/mol. The fraction of sp³-hybridized carbons (Fsp3) is 0.312. The zero-order valence-corrected chi connectivity index (χ0v) is 10.2. The first-order valence-electron chi connectivity index (χ1n) is 6.05. The summed E-state index contributed by atoms with van der Waals surface area (Å²) >= 11 is 0. The van der Waals surface area contributed by atoms with Gasteiger partial charge in [0.05, 0.1) is 6.07 Å². The molecule has 1 aromatic rings. The number of hydrogen-bond acceptors (Lipinski definition) is 1. The predicted octanol–water partition coefficient (Wildman–Crippen LogP) is 4.13. The van der Waals surface area contributed by atoms with E-state index >= 15 is 0 Å². The van der Waals surface area contributed by atoms with Crippen LogP contribution in [0.3, 0.4) is 0 Å². The Morgan fingerprint density at radius 3 is 2.65 bits per heavy atom. The molecule has 1 atom stereocenters. The van der Waals surface area contributed by atoms with Gasteiger partial charge < -0.3 is 0 Å². The molecule has 0 saturated heterocycles. The zero-order chi connectivity index (χ0) is 12.1. The normalized spacial score (nSPS) is 22.9. The number of allylic oxidation sites excluding steroid dienone is 4. The molecule has 0 fully saturated rings. The molecule has 1 aliphatic carbocycles. The summed E-state index contributed by atoms with van der Waals surface area (Å²) in [5.74, 6) is 0. The summed E-state index contributed by atoms with van der Waals surface area (Å²) in [5, 5.41) is 8.82. The highest BCUT2D eigenvalue weighted by Crippen LogP contribution is 2.38. The van der Waals surface area contributed by atoms with Gasteiger partial charge in [-0.1, -0.05) is 54.1 Å². The van der Waals surface area contributed by atoms with Gasteiger partial charge in [-0.25, -0.2) is 0 Å². The molecule has 1 heteroatoms. The highest BCUT2D eigenvalue weighted by atomic mass is 14.3. The minimum absolute atomic E-state index is 0.0243. The van der Waals surface area contributed by atoms with E-state index in [9.17, 15) is 0 Å². The summed E-state index contributed by atoms with van der Waals surface area (Å²) in [5.41, 5.74) is 2.65. The molecule has 0 amide bonds. The van der Waals surface area contributed by atoms with Crippen LogP contribution in [0.2, 0.25) is 0 Å². The molecule has 0 N–H and O–H groups in total. The third-order valence-corrected chi connectivity index (χ3v) is 3.49. The molecular formula is C16H17N. The number of nitrogens with zero attached hydrogens (tertiary/aromatic N) is 1. The Balaban J connectivity index is 2.33. The average molecular weight is 223 g/mol. The van der Waals surface area contributed by atoms with Gasteiger partial charge in [-0.3, -0.25) is 0 Å². The van der Waals surface area contributed by atoms with Crippen molar-refractivity contribution in [1.29, 1.82) is 5.26 Å². The minimum atomic E-state index is 0.0243. The van der Waals surface area contributed by atoms with Crippen molar-refractivity contribution in [1.82, 2.24) is 0 Å². The van der Waals surface area contributed by atoms with Crippen molar-refractivity contribution in [3.8, 4) is 6.07 Å². The van der Waals surface area contributed by atoms with Crippen molar-refractivity contribution in [2.24, 2.45) is 0 Å². The summed E-state index contributed by atoms with van der Waals surface area (Å²) in [6, 6.07) is 12.8. The Kier molecular flexibility index (Phi) is 3.44. The van der Waals surface area contributed by atoms with Crippen molar-refractivity contribution in [3.63, 3.8) is 0 Å². The lowest BCUT2D eigenvalue weighted by Crippen LogP contribution is -2.24. The SMILES string of the molecule is CC1=CCC(CCC#N)(c2ccccc2)C=C1. The number of hydrogen-bond donors (Lipinski definition) is 0. The van der Waals surface area contributed by atoms with Gasteiger partial charge in [0.1, 0.15) is 0 Å².